The van der Waals surface area contributed by atoms with Crippen molar-refractivity contribution in [3.8, 4) is 0 Å². The van der Waals surface area contributed by atoms with Gasteiger partial charge in [0.1, 0.15) is 0 Å². The van der Waals surface area contributed by atoms with Gasteiger partial charge in [-0.15, -0.1) is 0 Å². The van der Waals surface area contributed by atoms with E-state index in [1.165, 1.54) is 6.92 Å². The fourth-order valence-electron chi connectivity index (χ4n) is 1.16. The molecule has 0 saturated carbocycles. The molecule has 4 heteroatoms. The second-order valence-electron chi connectivity index (χ2n) is 2.83. The van der Waals surface area contributed by atoms with E-state index < -0.39 is 0 Å². The van der Waals surface area contributed by atoms with E-state index in [1.807, 2.05) is 11.8 Å². The van der Waals surface area contributed by atoms with Crippen LogP contribution in [-0.4, -0.2) is 29.5 Å². The van der Waals surface area contributed by atoms with Gasteiger partial charge in [-0.3, -0.25) is 4.79 Å². The summed E-state index contributed by atoms with van der Waals surface area (Å²) < 4.78 is 0. The van der Waals surface area contributed by atoms with Crippen molar-refractivity contribution in [2.45, 2.75) is 25.4 Å². The van der Waals surface area contributed by atoms with Crippen LogP contribution in [0, 0.1) is 0 Å². The van der Waals surface area contributed by atoms with Crippen molar-refractivity contribution in [1.29, 1.82) is 0 Å². The summed E-state index contributed by atoms with van der Waals surface area (Å²) in [5, 5.41) is 2.85. The minimum atomic E-state index is 0.0213. The van der Waals surface area contributed by atoms with Crippen LogP contribution >= 0.6 is 11.8 Å². The summed E-state index contributed by atoms with van der Waals surface area (Å²) in [5.41, 5.74) is 5.80. The Labute approximate surface area is 71.1 Å². The highest BCUT2D eigenvalue weighted by molar-refractivity contribution is 7.99. The van der Waals surface area contributed by atoms with E-state index in [9.17, 15) is 4.79 Å². The molecule has 1 heterocycles. The van der Waals surface area contributed by atoms with Gasteiger partial charge in [0.05, 0.1) is 6.04 Å². The molecule has 1 rings (SSSR count). The molecular formula is C7H14N2OS. The monoisotopic (exact) mass is 174 g/mol. The quantitative estimate of drug-likeness (QED) is 0.586. The van der Waals surface area contributed by atoms with E-state index in [2.05, 4.69) is 5.32 Å². The maximum absolute atomic E-state index is 10.7. The first-order chi connectivity index (χ1) is 5.20. The fraction of sp³-hybridized carbons (Fsp3) is 0.857. The van der Waals surface area contributed by atoms with Gasteiger partial charge < -0.3 is 11.1 Å². The second-order valence-corrected chi connectivity index (χ2v) is 3.98. The molecule has 1 fully saturated rings. The number of hydrogen-bond acceptors (Lipinski definition) is 3. The molecule has 0 bridgehead atoms. The van der Waals surface area contributed by atoms with Gasteiger partial charge in [0.15, 0.2) is 0 Å². The first kappa shape index (κ1) is 8.87. The average molecular weight is 174 g/mol. The van der Waals surface area contributed by atoms with Gasteiger partial charge in [-0.05, 0) is 12.2 Å². The molecule has 0 spiro atoms. The minimum absolute atomic E-state index is 0.0213. The van der Waals surface area contributed by atoms with Crippen molar-refractivity contribution in [1.82, 2.24) is 5.32 Å². The van der Waals surface area contributed by atoms with Crippen molar-refractivity contribution < 1.29 is 4.79 Å². The third-order valence-electron chi connectivity index (χ3n) is 1.80. The molecule has 1 aliphatic rings. The van der Waals surface area contributed by atoms with Gasteiger partial charge in [-0.1, -0.05) is 0 Å². The lowest BCUT2D eigenvalue weighted by Crippen LogP contribution is -2.50. The zero-order chi connectivity index (χ0) is 8.27. The molecule has 0 aromatic carbocycles. The lowest BCUT2D eigenvalue weighted by Gasteiger charge is -2.28. The highest BCUT2D eigenvalue weighted by Gasteiger charge is 2.22. The Morgan fingerprint density at radius 2 is 2.45 bits per heavy atom. The van der Waals surface area contributed by atoms with Crippen LogP contribution in [0.4, 0.5) is 0 Å². The van der Waals surface area contributed by atoms with Crippen LogP contribution in [0.3, 0.4) is 0 Å². The number of rotatable bonds is 1. The molecule has 1 aliphatic heterocycles. The summed E-state index contributed by atoms with van der Waals surface area (Å²) in [6, 6.07) is 0.339. The molecule has 0 aliphatic carbocycles. The molecule has 2 unspecified atom stereocenters. The summed E-state index contributed by atoms with van der Waals surface area (Å²) in [5.74, 6) is 2.10. The number of thioether (sulfide) groups is 1. The zero-order valence-electron chi connectivity index (χ0n) is 6.67. The second kappa shape index (κ2) is 3.97. The number of nitrogens with one attached hydrogen (secondary N) is 1. The van der Waals surface area contributed by atoms with Crippen LogP contribution in [0.25, 0.3) is 0 Å². The summed E-state index contributed by atoms with van der Waals surface area (Å²) >= 11 is 1.85. The zero-order valence-corrected chi connectivity index (χ0v) is 7.49. The molecule has 1 saturated heterocycles. The molecule has 11 heavy (non-hydrogen) atoms. The van der Waals surface area contributed by atoms with Crippen LogP contribution < -0.4 is 11.1 Å². The summed E-state index contributed by atoms with van der Waals surface area (Å²) in [4.78, 5) is 10.7. The lowest BCUT2D eigenvalue weighted by atomic mass is 10.1. The Morgan fingerprint density at radius 3 is 3.00 bits per heavy atom. The van der Waals surface area contributed by atoms with E-state index >= 15 is 0 Å². The first-order valence-corrected chi connectivity index (χ1v) is 4.96. The third kappa shape index (κ3) is 2.71. The molecular weight excluding hydrogens is 160 g/mol. The average Bonchev–Trinajstić information content (AvgIpc) is 1.93. The SMILES string of the molecule is CC(=O)NC1CSCCC1N. The van der Waals surface area contributed by atoms with Crippen molar-refractivity contribution in [2.75, 3.05) is 11.5 Å². The Morgan fingerprint density at radius 1 is 1.73 bits per heavy atom. The van der Waals surface area contributed by atoms with E-state index in [4.69, 9.17) is 5.73 Å². The van der Waals surface area contributed by atoms with Gasteiger partial charge in [-0.2, -0.15) is 11.8 Å². The molecule has 64 valence electrons. The van der Waals surface area contributed by atoms with E-state index in [1.54, 1.807) is 0 Å². The molecule has 1 amide bonds. The third-order valence-corrected chi connectivity index (χ3v) is 2.92. The first-order valence-electron chi connectivity index (χ1n) is 3.80. The van der Waals surface area contributed by atoms with Crippen LogP contribution in [0.2, 0.25) is 0 Å². The highest BCUT2D eigenvalue weighted by atomic mass is 32.2. The van der Waals surface area contributed by atoms with Gasteiger partial charge >= 0.3 is 0 Å². The van der Waals surface area contributed by atoms with E-state index in [0.717, 1.165) is 17.9 Å². The summed E-state index contributed by atoms with van der Waals surface area (Å²) in [6.07, 6.45) is 1.01. The standard InChI is InChI=1S/C7H14N2OS/c1-5(10)9-7-4-11-3-2-6(7)8/h6-7H,2-4,8H2,1H3,(H,9,10). The Kier molecular flexibility index (Phi) is 3.20. The smallest absolute Gasteiger partial charge is 0.217 e. The lowest BCUT2D eigenvalue weighted by molar-refractivity contribution is -0.119. The molecule has 3 nitrogen and oxygen atoms in total. The van der Waals surface area contributed by atoms with Crippen LogP contribution in [0.15, 0.2) is 0 Å². The number of carbonyl (C=O) groups excluding carboxylic acids is 1. The molecule has 2 atom stereocenters. The Hall–Kier alpha value is -0.220. The normalized spacial score (nSPS) is 31.5. The number of amides is 1. The van der Waals surface area contributed by atoms with Crippen LogP contribution in [-0.2, 0) is 4.79 Å². The maximum atomic E-state index is 10.7. The van der Waals surface area contributed by atoms with Crippen molar-refractivity contribution >= 4 is 17.7 Å². The highest BCUT2D eigenvalue weighted by Crippen LogP contribution is 2.15. The van der Waals surface area contributed by atoms with Crippen molar-refractivity contribution in [3.63, 3.8) is 0 Å². The largest absolute Gasteiger partial charge is 0.351 e. The van der Waals surface area contributed by atoms with Crippen LogP contribution in [0.5, 0.6) is 0 Å². The van der Waals surface area contributed by atoms with Gasteiger partial charge in [0, 0.05) is 18.7 Å². The summed E-state index contributed by atoms with van der Waals surface area (Å²) in [7, 11) is 0. The number of carbonyl (C=O) groups is 1. The molecule has 0 aromatic rings. The fourth-order valence-corrected chi connectivity index (χ4v) is 2.35. The predicted molar refractivity (Wildman–Crippen MR) is 47.5 cm³/mol. The van der Waals surface area contributed by atoms with Crippen molar-refractivity contribution in [3.05, 3.63) is 0 Å². The van der Waals surface area contributed by atoms with Gasteiger partial charge in [-0.25, -0.2) is 0 Å². The van der Waals surface area contributed by atoms with E-state index in [0.29, 0.717) is 0 Å². The van der Waals surface area contributed by atoms with Crippen molar-refractivity contribution in [2.24, 2.45) is 5.73 Å². The molecule has 0 aromatic heterocycles. The molecule has 3 N–H and O–H groups in total. The van der Waals surface area contributed by atoms with Crippen LogP contribution in [0.1, 0.15) is 13.3 Å². The van der Waals surface area contributed by atoms with Gasteiger partial charge in [0.2, 0.25) is 5.91 Å². The Balaban J connectivity index is 2.35. The Bertz CT molecular complexity index is 151. The molecule has 0 radical (unpaired) electrons. The van der Waals surface area contributed by atoms with E-state index in [-0.39, 0.29) is 18.0 Å². The summed E-state index contributed by atoms with van der Waals surface area (Å²) in [6.45, 7) is 1.53. The minimum Gasteiger partial charge on any atom is -0.351 e. The predicted octanol–water partition coefficient (Wildman–Crippen LogP) is -0.0447. The number of hydrogen-bond donors (Lipinski definition) is 2. The maximum Gasteiger partial charge on any atom is 0.217 e. The number of nitrogens with two attached hydrogens (primary N) is 1. The topological polar surface area (TPSA) is 55.1 Å². The van der Waals surface area contributed by atoms with Gasteiger partial charge in [0.25, 0.3) is 0 Å².